The van der Waals surface area contributed by atoms with E-state index in [4.69, 9.17) is 9.16 Å². The summed E-state index contributed by atoms with van der Waals surface area (Å²) in [5, 5.41) is 2.47. The molecule has 0 bridgehead atoms. The summed E-state index contributed by atoms with van der Waals surface area (Å²) in [5.41, 5.74) is 0. The van der Waals surface area contributed by atoms with Crippen LogP contribution >= 0.6 is 0 Å². The van der Waals surface area contributed by atoms with Crippen molar-refractivity contribution in [3.05, 3.63) is 73.3 Å². The Bertz CT molecular complexity index is 832. The van der Waals surface area contributed by atoms with Gasteiger partial charge in [0.1, 0.15) is 6.10 Å². The van der Waals surface area contributed by atoms with E-state index in [-0.39, 0.29) is 35.1 Å². The van der Waals surface area contributed by atoms with Gasteiger partial charge in [0, 0.05) is 18.3 Å². The second kappa shape index (κ2) is 7.58. The second-order valence-electron chi connectivity index (χ2n) is 9.26. The van der Waals surface area contributed by atoms with Gasteiger partial charge in [-0.1, -0.05) is 87.5 Å². The highest BCUT2D eigenvalue weighted by Gasteiger charge is 2.56. The molecule has 1 saturated carbocycles. The molecular formula is C25H30O3Si. The van der Waals surface area contributed by atoms with Gasteiger partial charge >= 0.3 is 5.97 Å². The molecule has 1 aliphatic heterocycles. The van der Waals surface area contributed by atoms with Crippen LogP contribution in [0, 0.1) is 11.8 Å². The molecule has 0 spiro atoms. The molecule has 0 aromatic heterocycles. The Morgan fingerprint density at radius 1 is 1.03 bits per heavy atom. The van der Waals surface area contributed by atoms with E-state index in [1.54, 1.807) is 0 Å². The number of hydrogen-bond acceptors (Lipinski definition) is 3. The highest BCUT2D eigenvalue weighted by atomic mass is 28.4. The van der Waals surface area contributed by atoms with E-state index in [1.165, 1.54) is 10.4 Å². The van der Waals surface area contributed by atoms with E-state index in [0.29, 0.717) is 6.42 Å². The second-order valence-corrected chi connectivity index (χ2v) is 13.5. The molecule has 4 atom stereocenters. The first-order valence-corrected chi connectivity index (χ1v) is 12.4. The van der Waals surface area contributed by atoms with Crippen LogP contribution in [-0.4, -0.2) is 26.5 Å². The maximum absolute atomic E-state index is 11.8. The smallest absolute Gasteiger partial charge is 0.306 e. The average Bonchev–Trinajstić information content (AvgIpc) is 3.21. The van der Waals surface area contributed by atoms with Crippen molar-refractivity contribution >= 4 is 24.7 Å². The van der Waals surface area contributed by atoms with Crippen LogP contribution in [0.25, 0.3) is 0 Å². The fourth-order valence-electron chi connectivity index (χ4n) is 5.27. The number of benzene rings is 2. The predicted molar refractivity (Wildman–Crippen MR) is 119 cm³/mol. The van der Waals surface area contributed by atoms with E-state index < -0.39 is 8.32 Å². The lowest BCUT2D eigenvalue weighted by molar-refractivity contribution is -0.141. The monoisotopic (exact) mass is 406 g/mol. The molecule has 2 aliphatic rings. The number of carbonyl (C=O) groups excluding carboxylic acids is 1. The first-order valence-electron chi connectivity index (χ1n) is 10.5. The Hall–Kier alpha value is -2.17. The number of rotatable bonds is 5. The van der Waals surface area contributed by atoms with Gasteiger partial charge in [-0.2, -0.15) is 0 Å². The predicted octanol–water partition coefficient (Wildman–Crippen LogP) is 4.07. The fourth-order valence-corrected chi connectivity index (χ4v) is 9.99. The lowest BCUT2D eigenvalue weighted by atomic mass is 9.92. The normalized spacial score (nSPS) is 26.8. The van der Waals surface area contributed by atoms with Gasteiger partial charge in [0.2, 0.25) is 0 Å². The molecule has 1 heterocycles. The molecule has 152 valence electrons. The topological polar surface area (TPSA) is 35.5 Å². The zero-order valence-corrected chi connectivity index (χ0v) is 18.5. The molecule has 1 saturated heterocycles. The maximum Gasteiger partial charge on any atom is 0.306 e. The highest BCUT2D eigenvalue weighted by Crippen LogP contribution is 2.46. The average molecular weight is 407 g/mol. The molecule has 0 unspecified atom stereocenters. The zero-order chi connectivity index (χ0) is 20.6. The summed E-state index contributed by atoms with van der Waals surface area (Å²) >= 11 is 0. The van der Waals surface area contributed by atoms with Crippen LogP contribution in [0.15, 0.2) is 73.3 Å². The molecule has 0 radical (unpaired) electrons. The summed E-state index contributed by atoms with van der Waals surface area (Å²) in [6.07, 6.45) is 3.16. The van der Waals surface area contributed by atoms with Crippen molar-refractivity contribution in [1.29, 1.82) is 0 Å². The van der Waals surface area contributed by atoms with Crippen molar-refractivity contribution in [2.24, 2.45) is 11.8 Å². The van der Waals surface area contributed by atoms with Crippen LogP contribution in [0.3, 0.4) is 0 Å². The fraction of sp³-hybridized carbons (Fsp3) is 0.400. The standard InChI is InChI=1S/C25H30O3Si/c1-5-20-21-16-24(26)27-22(21)17-23(20)28-29(25(2,3)4,18-12-8-6-9-13-18)19-14-10-7-11-15-19/h5-15,20-23H,1,16-17H2,2-4H3/t20-,21-,22+,23+/m0/s1. The Kier molecular flexibility index (Phi) is 5.26. The third-order valence-electron chi connectivity index (χ3n) is 6.57. The number of fused-ring (bicyclic) bond motifs is 1. The number of carbonyl (C=O) groups is 1. The Labute approximate surface area is 174 Å². The van der Waals surface area contributed by atoms with E-state index in [9.17, 15) is 4.79 Å². The quantitative estimate of drug-likeness (QED) is 0.427. The largest absolute Gasteiger partial charge is 0.462 e. The lowest BCUT2D eigenvalue weighted by Crippen LogP contribution is -2.68. The van der Waals surface area contributed by atoms with E-state index in [2.05, 4.69) is 88.0 Å². The van der Waals surface area contributed by atoms with E-state index in [0.717, 1.165) is 6.42 Å². The van der Waals surface area contributed by atoms with Crippen LogP contribution < -0.4 is 10.4 Å². The van der Waals surface area contributed by atoms with E-state index >= 15 is 0 Å². The molecule has 1 aliphatic carbocycles. The summed E-state index contributed by atoms with van der Waals surface area (Å²) < 4.78 is 12.9. The van der Waals surface area contributed by atoms with Gasteiger partial charge in [-0.05, 0) is 15.4 Å². The summed E-state index contributed by atoms with van der Waals surface area (Å²) in [5.74, 6) is 0.229. The molecule has 2 aromatic rings. The van der Waals surface area contributed by atoms with Crippen molar-refractivity contribution in [2.75, 3.05) is 0 Å². The van der Waals surface area contributed by atoms with Gasteiger partial charge in [-0.15, -0.1) is 6.58 Å². The Balaban J connectivity index is 1.81. The number of esters is 1. The molecule has 4 heteroatoms. The van der Waals surface area contributed by atoms with Gasteiger partial charge < -0.3 is 9.16 Å². The maximum atomic E-state index is 11.8. The van der Waals surface area contributed by atoms with Crippen LogP contribution in [0.1, 0.15) is 33.6 Å². The van der Waals surface area contributed by atoms with Crippen LogP contribution in [0.2, 0.25) is 5.04 Å². The number of ether oxygens (including phenoxy) is 1. The zero-order valence-electron chi connectivity index (χ0n) is 17.5. The summed E-state index contributed by atoms with van der Waals surface area (Å²) in [6.45, 7) is 11.0. The minimum atomic E-state index is -2.63. The van der Waals surface area contributed by atoms with Crippen LogP contribution in [0.5, 0.6) is 0 Å². The minimum absolute atomic E-state index is 0.00176. The molecular weight excluding hydrogens is 376 g/mol. The van der Waals surface area contributed by atoms with Crippen LogP contribution in [-0.2, 0) is 14.0 Å². The Morgan fingerprint density at radius 2 is 1.59 bits per heavy atom. The van der Waals surface area contributed by atoms with Gasteiger partial charge in [-0.25, -0.2) is 0 Å². The van der Waals surface area contributed by atoms with Crippen molar-refractivity contribution in [2.45, 2.75) is 50.9 Å². The first-order chi connectivity index (χ1) is 13.9. The highest BCUT2D eigenvalue weighted by molar-refractivity contribution is 6.99. The number of hydrogen-bond donors (Lipinski definition) is 0. The van der Waals surface area contributed by atoms with Gasteiger partial charge in [0.15, 0.2) is 0 Å². The van der Waals surface area contributed by atoms with Crippen molar-refractivity contribution in [3.63, 3.8) is 0 Å². The molecule has 4 rings (SSSR count). The van der Waals surface area contributed by atoms with Gasteiger partial charge in [0.25, 0.3) is 8.32 Å². The lowest BCUT2D eigenvalue weighted by Gasteiger charge is -2.45. The SMILES string of the molecule is C=C[C@H]1[C@@H]2CC(=O)O[C@@H]2C[C@H]1O[Si](c1ccccc1)(c1ccccc1)C(C)(C)C. The summed E-state index contributed by atoms with van der Waals surface area (Å²) in [4.78, 5) is 11.8. The van der Waals surface area contributed by atoms with Crippen molar-refractivity contribution in [3.8, 4) is 0 Å². The van der Waals surface area contributed by atoms with Crippen molar-refractivity contribution < 1.29 is 14.0 Å². The molecule has 29 heavy (non-hydrogen) atoms. The summed E-state index contributed by atoms with van der Waals surface area (Å²) in [6, 6.07) is 21.4. The first kappa shape index (κ1) is 20.1. The third kappa shape index (κ3) is 3.38. The summed E-state index contributed by atoms with van der Waals surface area (Å²) in [7, 11) is -2.63. The molecule has 0 N–H and O–H groups in total. The van der Waals surface area contributed by atoms with Gasteiger partial charge in [-0.3, -0.25) is 4.79 Å². The van der Waals surface area contributed by atoms with Crippen LogP contribution in [0.4, 0.5) is 0 Å². The molecule has 2 aromatic carbocycles. The Morgan fingerprint density at radius 3 is 2.07 bits per heavy atom. The van der Waals surface area contributed by atoms with E-state index in [1.807, 2.05) is 6.08 Å². The van der Waals surface area contributed by atoms with Gasteiger partial charge in [0.05, 0.1) is 12.5 Å². The molecule has 0 amide bonds. The minimum Gasteiger partial charge on any atom is -0.462 e. The third-order valence-corrected chi connectivity index (χ3v) is 11.6. The molecule has 2 fully saturated rings. The van der Waals surface area contributed by atoms with Crippen molar-refractivity contribution in [1.82, 2.24) is 0 Å². The molecule has 3 nitrogen and oxygen atoms in total.